The molecule has 0 fully saturated rings. The number of allylic oxidation sites excluding steroid dienone is 8. The SMILES string of the molecule is [C-]1=CC=CC1.[C-]1=CC=CC1.[CH2-]C(C)(C)C.[Cl-].[Zr+4]. The summed E-state index contributed by atoms with van der Waals surface area (Å²) in [6.07, 6.45) is 20.0. The second-order valence-electron chi connectivity index (χ2n) is 4.57. The van der Waals surface area contributed by atoms with Crippen molar-refractivity contribution in [3.63, 3.8) is 0 Å². The minimum absolute atomic E-state index is 0. The van der Waals surface area contributed by atoms with Gasteiger partial charge in [-0.15, -0.1) is 12.8 Å². The first-order valence-corrected chi connectivity index (χ1v) is 5.29. The van der Waals surface area contributed by atoms with Gasteiger partial charge in [0.05, 0.1) is 0 Å². The maximum absolute atomic E-state index is 3.77. The molecule has 0 bridgehead atoms. The molecule has 0 aromatic rings. The molecule has 0 saturated heterocycles. The van der Waals surface area contributed by atoms with Crippen LogP contribution in [0.5, 0.6) is 0 Å². The molecule has 0 aliphatic heterocycles. The molecule has 0 unspecified atom stereocenters. The summed E-state index contributed by atoms with van der Waals surface area (Å²) in [5.74, 6) is 0. The Hall–Kier alpha value is 0.133. The van der Waals surface area contributed by atoms with Gasteiger partial charge in [0.25, 0.3) is 0 Å². The molecule has 17 heavy (non-hydrogen) atoms. The third-order valence-electron chi connectivity index (χ3n) is 1.17. The summed E-state index contributed by atoms with van der Waals surface area (Å²) in [6, 6.07) is 0. The van der Waals surface area contributed by atoms with Crippen LogP contribution in [0.15, 0.2) is 36.5 Å². The van der Waals surface area contributed by atoms with E-state index in [2.05, 4.69) is 52.0 Å². The normalized spacial score (nSPS) is 13.9. The van der Waals surface area contributed by atoms with Gasteiger partial charge in [-0.1, -0.05) is 20.8 Å². The van der Waals surface area contributed by atoms with Gasteiger partial charge in [-0.25, -0.2) is 24.3 Å². The van der Waals surface area contributed by atoms with E-state index in [-0.39, 0.29) is 44.0 Å². The fourth-order valence-corrected chi connectivity index (χ4v) is 0.680. The van der Waals surface area contributed by atoms with E-state index < -0.39 is 0 Å². The summed E-state index contributed by atoms with van der Waals surface area (Å²) in [5, 5.41) is 0. The molecule has 0 N–H and O–H groups in total. The minimum atomic E-state index is 0. The Morgan fingerprint density at radius 2 is 1.24 bits per heavy atom. The van der Waals surface area contributed by atoms with Crippen LogP contribution in [0.3, 0.4) is 0 Å². The van der Waals surface area contributed by atoms with Gasteiger partial charge in [0.1, 0.15) is 0 Å². The summed E-state index contributed by atoms with van der Waals surface area (Å²) in [6.45, 7) is 10.0. The first-order valence-electron chi connectivity index (χ1n) is 5.29. The molecule has 2 aliphatic rings. The second-order valence-corrected chi connectivity index (χ2v) is 4.57. The van der Waals surface area contributed by atoms with Gasteiger partial charge in [-0.3, -0.25) is 12.2 Å². The zero-order valence-corrected chi connectivity index (χ0v) is 14.2. The standard InChI is InChI=1S/2C5H5.C5H11.ClH.Zr/c2*1-2-4-5-3-1;1-5(2,3)4;;/h2*1-3H,4H2;1H2,2-4H3;1H;/q3*-1;;+4/p-1. The van der Waals surface area contributed by atoms with Crippen LogP contribution in [0, 0.1) is 24.5 Å². The molecule has 0 amide bonds. The maximum atomic E-state index is 3.77. The van der Waals surface area contributed by atoms with E-state index in [0.717, 1.165) is 12.8 Å². The molecular formula is C15H21ClZr. The average molecular weight is 328 g/mol. The molecule has 0 spiro atoms. The van der Waals surface area contributed by atoms with Crippen molar-refractivity contribution in [3.8, 4) is 0 Å². The Labute approximate surface area is 132 Å². The summed E-state index contributed by atoms with van der Waals surface area (Å²) in [4.78, 5) is 0. The van der Waals surface area contributed by atoms with E-state index in [1.54, 1.807) is 0 Å². The average Bonchev–Trinajstić information content (AvgIpc) is 2.81. The minimum Gasteiger partial charge on any atom is -1.00 e. The van der Waals surface area contributed by atoms with E-state index in [1.807, 2.05) is 24.3 Å². The molecule has 0 heterocycles. The molecule has 92 valence electrons. The molecule has 0 saturated carbocycles. The van der Waals surface area contributed by atoms with Crippen molar-refractivity contribution in [1.82, 2.24) is 0 Å². The fraction of sp³-hybridized carbons (Fsp3) is 0.400. The van der Waals surface area contributed by atoms with Gasteiger partial charge in [0, 0.05) is 0 Å². The van der Waals surface area contributed by atoms with E-state index in [9.17, 15) is 0 Å². The third kappa shape index (κ3) is 31.4. The van der Waals surface area contributed by atoms with Gasteiger partial charge in [-0.05, 0) is 0 Å². The zero-order chi connectivity index (χ0) is 11.6. The van der Waals surface area contributed by atoms with E-state index >= 15 is 0 Å². The van der Waals surface area contributed by atoms with Crippen LogP contribution in [0.2, 0.25) is 0 Å². The number of hydrogen-bond acceptors (Lipinski definition) is 0. The summed E-state index contributed by atoms with van der Waals surface area (Å²) < 4.78 is 0. The largest absolute Gasteiger partial charge is 4.00 e. The van der Waals surface area contributed by atoms with Crippen LogP contribution in [0.4, 0.5) is 0 Å². The van der Waals surface area contributed by atoms with Gasteiger partial charge in [-0.2, -0.15) is 17.6 Å². The quantitative estimate of drug-likeness (QED) is 0.591. The molecule has 2 heteroatoms. The van der Waals surface area contributed by atoms with E-state index in [1.165, 1.54) is 0 Å². The Balaban J connectivity index is -0.000000163. The van der Waals surface area contributed by atoms with Crippen LogP contribution in [0.1, 0.15) is 33.6 Å². The van der Waals surface area contributed by atoms with Crippen LogP contribution in [0.25, 0.3) is 0 Å². The monoisotopic (exact) mass is 326 g/mol. The molecule has 0 radical (unpaired) electrons. The van der Waals surface area contributed by atoms with Gasteiger partial charge in [0.2, 0.25) is 0 Å². The smallest absolute Gasteiger partial charge is 1.00 e. The Morgan fingerprint density at radius 3 is 1.29 bits per heavy atom. The van der Waals surface area contributed by atoms with Crippen LogP contribution < -0.4 is 12.4 Å². The second kappa shape index (κ2) is 14.2. The predicted octanol–water partition coefficient (Wildman–Crippen LogP) is 1.48. The molecule has 0 nitrogen and oxygen atoms in total. The summed E-state index contributed by atoms with van der Waals surface area (Å²) in [7, 11) is 0. The first kappa shape index (κ1) is 22.3. The number of hydrogen-bond donors (Lipinski definition) is 0. The Bertz CT molecular complexity index is 207. The van der Waals surface area contributed by atoms with Crippen LogP contribution in [-0.4, -0.2) is 0 Å². The summed E-state index contributed by atoms with van der Waals surface area (Å²) in [5.41, 5.74) is 0.250. The first-order chi connectivity index (χ1) is 7.00. The van der Waals surface area contributed by atoms with Crippen molar-refractivity contribution in [2.45, 2.75) is 33.6 Å². The Morgan fingerprint density at radius 1 is 0.941 bits per heavy atom. The Kier molecular flexibility index (Phi) is 18.6. The van der Waals surface area contributed by atoms with Gasteiger partial charge < -0.3 is 19.3 Å². The molecule has 0 aromatic carbocycles. The van der Waals surface area contributed by atoms with Gasteiger partial charge >= 0.3 is 26.2 Å². The van der Waals surface area contributed by atoms with Crippen molar-refractivity contribution < 1.29 is 38.6 Å². The molecule has 0 atom stereocenters. The number of rotatable bonds is 0. The van der Waals surface area contributed by atoms with Crippen molar-refractivity contribution in [2.24, 2.45) is 5.41 Å². The zero-order valence-electron chi connectivity index (χ0n) is 11.0. The molecular weight excluding hydrogens is 307 g/mol. The maximum Gasteiger partial charge on any atom is 4.00 e. The third-order valence-corrected chi connectivity index (χ3v) is 1.17. The number of halogens is 1. The van der Waals surface area contributed by atoms with E-state index in [4.69, 9.17) is 0 Å². The predicted molar refractivity (Wildman–Crippen MR) is 68.0 cm³/mol. The van der Waals surface area contributed by atoms with Crippen molar-refractivity contribution in [1.29, 1.82) is 0 Å². The molecule has 0 aromatic heterocycles. The molecule has 2 rings (SSSR count). The van der Waals surface area contributed by atoms with Crippen molar-refractivity contribution in [3.05, 3.63) is 55.5 Å². The molecule has 2 aliphatic carbocycles. The van der Waals surface area contributed by atoms with Gasteiger partial charge in [0.15, 0.2) is 0 Å². The van der Waals surface area contributed by atoms with Crippen molar-refractivity contribution in [2.75, 3.05) is 0 Å². The topological polar surface area (TPSA) is 0 Å². The van der Waals surface area contributed by atoms with Crippen LogP contribution >= 0.6 is 0 Å². The van der Waals surface area contributed by atoms with Crippen molar-refractivity contribution >= 4 is 0 Å². The fourth-order valence-electron chi connectivity index (χ4n) is 0.680. The van der Waals surface area contributed by atoms with Crippen LogP contribution in [-0.2, 0) is 26.2 Å². The summed E-state index contributed by atoms with van der Waals surface area (Å²) >= 11 is 0. The van der Waals surface area contributed by atoms with E-state index in [0.29, 0.717) is 0 Å².